The van der Waals surface area contributed by atoms with Crippen LogP contribution in [0.2, 0.25) is 18.1 Å². The first kappa shape index (κ1) is 25.0. The van der Waals surface area contributed by atoms with Crippen LogP contribution in [0.1, 0.15) is 59.8 Å². The van der Waals surface area contributed by atoms with Gasteiger partial charge in [-0.3, -0.25) is 4.90 Å². The van der Waals surface area contributed by atoms with Gasteiger partial charge in [0.2, 0.25) is 0 Å². The summed E-state index contributed by atoms with van der Waals surface area (Å²) in [5.74, 6) is 0.759. The molecule has 0 saturated carbocycles. The smallest absolute Gasteiger partial charge is 0.411 e. The van der Waals surface area contributed by atoms with Gasteiger partial charge in [-0.05, 0) is 56.6 Å². The van der Waals surface area contributed by atoms with Crippen molar-refractivity contribution in [2.75, 3.05) is 6.54 Å². The van der Waals surface area contributed by atoms with Crippen molar-refractivity contribution in [3.63, 3.8) is 0 Å². The number of aromatic amines is 1. The second-order valence-corrected chi connectivity index (χ2v) is 16.7. The number of likely N-dealkylation sites (tertiary alicyclic amines) is 1. The minimum Gasteiger partial charge on any atom is -0.444 e. The molecule has 0 aliphatic carbocycles. The third-order valence-electron chi connectivity index (χ3n) is 6.22. The van der Waals surface area contributed by atoms with Gasteiger partial charge in [0.25, 0.3) is 0 Å². The number of benzene rings is 1. The lowest BCUT2D eigenvalue weighted by molar-refractivity contribution is 0.0203. The topological polar surface area (TPSA) is 67.4 Å². The van der Waals surface area contributed by atoms with Crippen LogP contribution >= 0.6 is 15.9 Å². The number of H-pyrrole nitrogens is 1. The molecule has 3 rings (SSSR count). The summed E-state index contributed by atoms with van der Waals surface area (Å²) in [7, 11) is -1.98. The van der Waals surface area contributed by atoms with E-state index in [0.717, 1.165) is 21.6 Å². The number of carbonyl (C=O) groups excluding carboxylic acids is 1. The summed E-state index contributed by atoms with van der Waals surface area (Å²) in [5.41, 5.74) is 1.40. The molecule has 6 nitrogen and oxygen atoms in total. The zero-order chi connectivity index (χ0) is 23.9. The summed E-state index contributed by atoms with van der Waals surface area (Å²) in [6, 6.07) is 7.85. The van der Waals surface area contributed by atoms with Gasteiger partial charge in [0.1, 0.15) is 11.4 Å². The molecular formula is C24H36BrN3O3Si. The summed E-state index contributed by atoms with van der Waals surface area (Å²) in [6.07, 6.45) is 2.15. The van der Waals surface area contributed by atoms with Crippen molar-refractivity contribution in [3.05, 3.63) is 40.8 Å². The van der Waals surface area contributed by atoms with Gasteiger partial charge in [0, 0.05) is 17.4 Å². The van der Waals surface area contributed by atoms with Crippen LogP contribution in [-0.4, -0.2) is 47.5 Å². The van der Waals surface area contributed by atoms with Crippen LogP contribution in [0.3, 0.4) is 0 Å². The van der Waals surface area contributed by atoms with Crippen molar-refractivity contribution < 1.29 is 14.0 Å². The van der Waals surface area contributed by atoms with Crippen LogP contribution in [0.15, 0.2) is 34.9 Å². The van der Waals surface area contributed by atoms with Crippen molar-refractivity contribution >= 4 is 30.3 Å². The Kier molecular flexibility index (Phi) is 6.99. The quantitative estimate of drug-likeness (QED) is 0.443. The van der Waals surface area contributed by atoms with Crippen LogP contribution in [0, 0.1) is 0 Å². The van der Waals surface area contributed by atoms with Gasteiger partial charge in [-0.2, -0.15) is 0 Å². The highest BCUT2D eigenvalue weighted by atomic mass is 79.9. The van der Waals surface area contributed by atoms with E-state index in [1.54, 1.807) is 4.90 Å². The third kappa shape index (κ3) is 5.83. The number of imidazole rings is 1. The minimum absolute atomic E-state index is 0.0466. The molecule has 1 aliphatic heterocycles. The lowest BCUT2D eigenvalue weighted by Gasteiger charge is -2.38. The summed E-state index contributed by atoms with van der Waals surface area (Å²) in [5, 5.41) is 0.0985. The van der Waals surface area contributed by atoms with Gasteiger partial charge >= 0.3 is 6.09 Å². The van der Waals surface area contributed by atoms with Crippen LogP contribution in [-0.2, 0) is 9.16 Å². The number of nitrogens with zero attached hydrogens (tertiary/aromatic N) is 2. The highest BCUT2D eigenvalue weighted by Gasteiger charge is 2.45. The second kappa shape index (κ2) is 8.95. The maximum atomic E-state index is 13.1. The molecule has 1 saturated heterocycles. The summed E-state index contributed by atoms with van der Waals surface area (Å²) in [4.78, 5) is 22.9. The Bertz CT molecular complexity index is 945. The highest BCUT2D eigenvalue weighted by molar-refractivity contribution is 9.10. The molecule has 32 heavy (non-hydrogen) atoms. The summed E-state index contributed by atoms with van der Waals surface area (Å²) >= 11 is 3.47. The van der Waals surface area contributed by atoms with Gasteiger partial charge in [0.05, 0.1) is 24.0 Å². The molecule has 8 heteroatoms. The average Bonchev–Trinajstić information content (AvgIpc) is 3.26. The molecule has 2 heterocycles. The predicted octanol–water partition coefficient (Wildman–Crippen LogP) is 6.91. The number of halogens is 1. The Hall–Kier alpha value is -1.64. The Labute approximate surface area is 201 Å². The molecule has 0 spiro atoms. The van der Waals surface area contributed by atoms with Crippen LogP contribution in [0.25, 0.3) is 11.3 Å². The van der Waals surface area contributed by atoms with E-state index in [9.17, 15) is 4.79 Å². The van der Waals surface area contributed by atoms with E-state index in [4.69, 9.17) is 9.16 Å². The van der Waals surface area contributed by atoms with E-state index in [1.165, 1.54) is 0 Å². The van der Waals surface area contributed by atoms with Gasteiger partial charge in [-0.25, -0.2) is 9.78 Å². The van der Waals surface area contributed by atoms with E-state index < -0.39 is 13.9 Å². The molecule has 1 aromatic carbocycles. The average molecular weight is 523 g/mol. The van der Waals surface area contributed by atoms with E-state index >= 15 is 0 Å². The first-order chi connectivity index (χ1) is 14.7. The summed E-state index contributed by atoms with van der Waals surface area (Å²) in [6.45, 7) is 17.3. The predicted molar refractivity (Wildman–Crippen MR) is 134 cm³/mol. The van der Waals surface area contributed by atoms with Crippen molar-refractivity contribution in [2.45, 2.75) is 83.8 Å². The largest absolute Gasteiger partial charge is 0.444 e. The van der Waals surface area contributed by atoms with Crippen LogP contribution in [0.4, 0.5) is 4.79 Å². The molecule has 2 aromatic rings. The number of hydrogen-bond acceptors (Lipinski definition) is 4. The molecule has 0 bridgehead atoms. The third-order valence-corrected chi connectivity index (χ3v) is 11.3. The lowest BCUT2D eigenvalue weighted by atomic mass is 10.1. The number of nitrogens with one attached hydrogen (secondary N) is 1. The molecule has 1 aliphatic rings. The number of carbonyl (C=O) groups is 1. The fourth-order valence-corrected chi connectivity index (χ4v) is 5.16. The first-order valence-electron chi connectivity index (χ1n) is 11.1. The molecule has 1 aromatic heterocycles. The zero-order valence-electron chi connectivity index (χ0n) is 20.5. The molecule has 2 atom stereocenters. The number of amides is 1. The Morgan fingerprint density at radius 3 is 2.34 bits per heavy atom. The number of rotatable bonds is 4. The SMILES string of the molecule is CC(C)(C)OC(=O)N1C[C@H](O[Si](C)(C)C(C)(C)C)C[C@H]1c1ncc(-c2ccc(Br)cc2)[nH]1. The van der Waals surface area contributed by atoms with Gasteiger partial charge in [-0.1, -0.05) is 48.8 Å². The van der Waals surface area contributed by atoms with Crippen molar-refractivity contribution in [3.8, 4) is 11.3 Å². The molecule has 1 amide bonds. The summed E-state index contributed by atoms with van der Waals surface area (Å²) < 4.78 is 13.4. The number of hydrogen-bond donors (Lipinski definition) is 1. The van der Waals surface area contributed by atoms with E-state index in [1.807, 2.05) is 51.2 Å². The second-order valence-electron chi connectivity index (χ2n) is 11.1. The van der Waals surface area contributed by atoms with E-state index in [0.29, 0.717) is 13.0 Å². The monoisotopic (exact) mass is 521 g/mol. The molecule has 176 valence electrons. The first-order valence-corrected chi connectivity index (χ1v) is 14.8. The van der Waals surface area contributed by atoms with Crippen molar-refractivity contribution in [1.29, 1.82) is 0 Å². The Morgan fingerprint density at radius 1 is 1.16 bits per heavy atom. The number of ether oxygens (including phenoxy) is 1. The molecule has 0 radical (unpaired) electrons. The zero-order valence-corrected chi connectivity index (χ0v) is 23.0. The molecule has 1 N–H and O–H groups in total. The van der Waals surface area contributed by atoms with E-state index in [2.05, 4.69) is 59.8 Å². The van der Waals surface area contributed by atoms with Gasteiger partial charge < -0.3 is 14.1 Å². The van der Waals surface area contributed by atoms with Crippen LogP contribution < -0.4 is 0 Å². The van der Waals surface area contributed by atoms with Crippen LogP contribution in [0.5, 0.6) is 0 Å². The minimum atomic E-state index is -1.98. The molecule has 1 fully saturated rings. The lowest BCUT2D eigenvalue weighted by Crippen LogP contribution is -2.45. The van der Waals surface area contributed by atoms with Gasteiger partial charge in [-0.15, -0.1) is 0 Å². The maximum absolute atomic E-state index is 13.1. The number of aromatic nitrogens is 2. The molecule has 0 unspecified atom stereocenters. The Morgan fingerprint density at radius 2 is 1.78 bits per heavy atom. The van der Waals surface area contributed by atoms with Crippen molar-refractivity contribution in [1.82, 2.24) is 14.9 Å². The van der Waals surface area contributed by atoms with Gasteiger partial charge in [0.15, 0.2) is 8.32 Å². The Balaban J connectivity index is 1.87. The highest BCUT2D eigenvalue weighted by Crippen LogP contribution is 2.41. The standard InChI is InChI=1S/C24H36BrN3O3Si/c1-23(2,3)30-22(29)28-15-18(31-32(7,8)24(4,5)6)13-20(28)21-26-14-19(27-21)16-9-11-17(25)12-10-16/h9-12,14,18,20H,13,15H2,1-8H3,(H,26,27)/t18-,20+/m1/s1. The van der Waals surface area contributed by atoms with Crippen molar-refractivity contribution in [2.24, 2.45) is 0 Å². The fraction of sp³-hybridized carbons (Fsp3) is 0.583. The normalized spacial score (nSPS) is 20.0. The maximum Gasteiger partial charge on any atom is 0.411 e. The fourth-order valence-electron chi connectivity index (χ4n) is 3.54. The van der Waals surface area contributed by atoms with E-state index in [-0.39, 0.29) is 23.3 Å². The molecular weight excluding hydrogens is 486 g/mol.